The van der Waals surface area contributed by atoms with Gasteiger partial charge < -0.3 is 20.5 Å². The summed E-state index contributed by atoms with van der Waals surface area (Å²) in [6.07, 6.45) is -0.0412. The van der Waals surface area contributed by atoms with Gasteiger partial charge in [0, 0.05) is 12.5 Å². The number of amidine groups is 1. The summed E-state index contributed by atoms with van der Waals surface area (Å²) in [7, 11) is 2.94. The highest BCUT2D eigenvalue weighted by atomic mass is 35.5. The number of benzene rings is 1. The van der Waals surface area contributed by atoms with Gasteiger partial charge in [0.25, 0.3) is 5.91 Å². The van der Waals surface area contributed by atoms with Crippen LogP contribution in [0.5, 0.6) is 11.5 Å². The second kappa shape index (κ2) is 6.89. The summed E-state index contributed by atoms with van der Waals surface area (Å²) in [5.74, 6) is 0.0580. The zero-order chi connectivity index (χ0) is 16.3. The Morgan fingerprint density at radius 2 is 2.09 bits per heavy atom. The number of nitrogens with one attached hydrogen (secondary N) is 1. The molecule has 0 saturated carbocycles. The molecule has 22 heavy (non-hydrogen) atoms. The molecule has 0 saturated heterocycles. The average Bonchev–Trinajstić information content (AvgIpc) is 2.77. The molecule has 9 heteroatoms. The molecule has 0 spiro atoms. The third kappa shape index (κ3) is 3.63. The van der Waals surface area contributed by atoms with E-state index in [0.717, 1.165) is 11.8 Å². The number of ether oxygens (including phenoxy) is 2. The Bertz CT molecular complexity index is 650. The summed E-state index contributed by atoms with van der Waals surface area (Å²) < 4.78 is 10.3. The molecule has 1 aliphatic heterocycles. The molecule has 1 aliphatic rings. The maximum absolute atomic E-state index is 12.1. The smallest absolute Gasteiger partial charge is 0.262 e. The van der Waals surface area contributed by atoms with Crippen LogP contribution in [0.15, 0.2) is 17.1 Å². The van der Waals surface area contributed by atoms with E-state index in [2.05, 4.69) is 10.3 Å². The topological polar surface area (TPSA) is 103 Å². The average molecular weight is 344 g/mol. The normalized spacial score (nSPS) is 17.1. The van der Waals surface area contributed by atoms with Gasteiger partial charge in [-0.3, -0.25) is 9.59 Å². The Labute approximate surface area is 136 Å². The summed E-state index contributed by atoms with van der Waals surface area (Å²) in [5.41, 5.74) is 5.84. The number of amides is 2. The lowest BCUT2D eigenvalue weighted by Crippen LogP contribution is -2.22. The van der Waals surface area contributed by atoms with Gasteiger partial charge in [-0.1, -0.05) is 23.4 Å². The summed E-state index contributed by atoms with van der Waals surface area (Å²) in [4.78, 5) is 27.1. The first-order valence-electron chi connectivity index (χ1n) is 6.20. The van der Waals surface area contributed by atoms with Crippen molar-refractivity contribution in [2.75, 3.05) is 19.5 Å². The second-order valence-corrected chi connectivity index (χ2v) is 5.96. The molecule has 1 atom stereocenters. The van der Waals surface area contributed by atoms with Gasteiger partial charge >= 0.3 is 0 Å². The molecular weight excluding hydrogens is 330 g/mol. The number of carbonyl (C=O) groups is 2. The van der Waals surface area contributed by atoms with Gasteiger partial charge in [-0.05, 0) is 6.07 Å². The molecule has 0 aliphatic carbocycles. The number of methoxy groups -OCH3 is 2. The van der Waals surface area contributed by atoms with Crippen molar-refractivity contribution in [3.8, 4) is 11.5 Å². The molecule has 2 rings (SSSR count). The van der Waals surface area contributed by atoms with Crippen molar-refractivity contribution < 1.29 is 19.1 Å². The first kappa shape index (κ1) is 16.4. The van der Waals surface area contributed by atoms with E-state index in [1.165, 1.54) is 20.3 Å². The summed E-state index contributed by atoms with van der Waals surface area (Å²) >= 11 is 7.10. The fraction of sp³-hybridized carbons (Fsp3) is 0.308. The van der Waals surface area contributed by atoms with E-state index in [9.17, 15) is 9.59 Å². The number of hydrogen-bond acceptors (Lipinski definition) is 6. The monoisotopic (exact) mass is 343 g/mol. The van der Waals surface area contributed by atoms with Gasteiger partial charge in [0.2, 0.25) is 5.91 Å². The fourth-order valence-electron chi connectivity index (χ4n) is 1.86. The Morgan fingerprint density at radius 3 is 2.64 bits per heavy atom. The molecule has 118 valence electrons. The molecule has 0 unspecified atom stereocenters. The minimum Gasteiger partial charge on any atom is -0.495 e. The Balaban J connectivity index is 2.08. The first-order valence-corrected chi connectivity index (χ1v) is 7.46. The number of aliphatic imine (C=N–C) groups is 1. The molecule has 0 aromatic heterocycles. The zero-order valence-corrected chi connectivity index (χ0v) is 13.5. The Morgan fingerprint density at radius 1 is 1.41 bits per heavy atom. The van der Waals surface area contributed by atoms with Gasteiger partial charge in [0.1, 0.15) is 16.7 Å². The molecule has 0 radical (unpaired) electrons. The van der Waals surface area contributed by atoms with E-state index in [0.29, 0.717) is 22.2 Å². The predicted molar refractivity (Wildman–Crippen MR) is 85.8 cm³/mol. The third-order valence-electron chi connectivity index (χ3n) is 2.88. The van der Waals surface area contributed by atoms with Crippen molar-refractivity contribution >= 4 is 46.0 Å². The van der Waals surface area contributed by atoms with Crippen LogP contribution in [0.1, 0.15) is 6.42 Å². The number of nitrogens with zero attached hydrogens (tertiary/aromatic N) is 1. The maximum atomic E-state index is 12.1. The van der Waals surface area contributed by atoms with Crippen molar-refractivity contribution in [3.05, 3.63) is 17.2 Å². The minimum atomic E-state index is -0.597. The van der Waals surface area contributed by atoms with E-state index in [-0.39, 0.29) is 17.5 Å². The largest absolute Gasteiger partial charge is 0.495 e. The minimum absolute atomic E-state index is 0.0412. The van der Waals surface area contributed by atoms with E-state index in [1.807, 2.05) is 0 Å². The van der Waals surface area contributed by atoms with E-state index in [4.69, 9.17) is 26.8 Å². The molecule has 3 N–H and O–H groups in total. The fourth-order valence-corrected chi connectivity index (χ4v) is 2.92. The van der Waals surface area contributed by atoms with Gasteiger partial charge in [0.05, 0.1) is 24.9 Å². The number of halogens is 1. The first-order chi connectivity index (χ1) is 10.4. The third-order valence-corrected chi connectivity index (χ3v) is 4.16. The summed E-state index contributed by atoms with van der Waals surface area (Å²) in [6.45, 7) is 0. The van der Waals surface area contributed by atoms with E-state index < -0.39 is 11.2 Å². The van der Waals surface area contributed by atoms with Crippen LogP contribution in [0, 0.1) is 0 Å². The predicted octanol–water partition coefficient (Wildman–Crippen LogP) is 1.64. The molecule has 1 aromatic rings. The van der Waals surface area contributed by atoms with E-state index >= 15 is 0 Å². The van der Waals surface area contributed by atoms with Gasteiger partial charge in [0.15, 0.2) is 5.17 Å². The van der Waals surface area contributed by atoms with Crippen molar-refractivity contribution in [1.82, 2.24) is 0 Å². The standard InChI is InChI=1S/C13H14ClN3O4S/c1-20-8-4-9(21-2)7(3-6(8)14)16-11(18)5-10-12(19)17-13(15)22-10/h3-4,10H,5H2,1-2H3,(H,16,18)(H2,15,17,19)/t10-/m0/s1. The molecule has 0 bridgehead atoms. The second-order valence-electron chi connectivity index (χ2n) is 4.33. The van der Waals surface area contributed by atoms with Gasteiger partial charge in [-0.25, -0.2) is 0 Å². The van der Waals surface area contributed by atoms with Crippen LogP contribution in [-0.2, 0) is 9.59 Å². The van der Waals surface area contributed by atoms with Gasteiger partial charge in [-0.15, -0.1) is 0 Å². The lowest BCUT2D eigenvalue weighted by Gasteiger charge is -2.13. The van der Waals surface area contributed by atoms with Crippen molar-refractivity contribution in [2.24, 2.45) is 10.7 Å². The summed E-state index contributed by atoms with van der Waals surface area (Å²) in [5, 5.41) is 2.56. The highest BCUT2D eigenvalue weighted by Gasteiger charge is 2.29. The van der Waals surface area contributed by atoms with Crippen LogP contribution in [0.3, 0.4) is 0 Å². The highest BCUT2D eigenvalue weighted by Crippen LogP contribution is 2.36. The van der Waals surface area contributed by atoms with Crippen LogP contribution in [0.25, 0.3) is 0 Å². The zero-order valence-electron chi connectivity index (χ0n) is 11.9. The SMILES string of the molecule is COc1cc(OC)c(NC(=O)C[C@@H]2SC(N)=NC2=O)cc1Cl. The molecular formula is C13H14ClN3O4S. The van der Waals surface area contributed by atoms with Gasteiger partial charge in [-0.2, -0.15) is 4.99 Å². The molecule has 7 nitrogen and oxygen atoms in total. The van der Waals surface area contributed by atoms with E-state index in [1.54, 1.807) is 6.07 Å². The Kier molecular flexibility index (Phi) is 5.15. The number of thioether (sulfide) groups is 1. The highest BCUT2D eigenvalue weighted by molar-refractivity contribution is 8.15. The molecule has 1 aromatic carbocycles. The van der Waals surface area contributed by atoms with Crippen LogP contribution >= 0.6 is 23.4 Å². The van der Waals surface area contributed by atoms with Crippen molar-refractivity contribution in [2.45, 2.75) is 11.7 Å². The number of carbonyl (C=O) groups excluding carboxylic acids is 2. The molecule has 0 fully saturated rings. The molecule has 2 amide bonds. The Hall–Kier alpha value is -1.93. The molecule has 1 heterocycles. The van der Waals surface area contributed by atoms with Crippen molar-refractivity contribution in [1.29, 1.82) is 0 Å². The van der Waals surface area contributed by atoms with Crippen molar-refractivity contribution in [3.63, 3.8) is 0 Å². The number of rotatable bonds is 5. The van der Waals surface area contributed by atoms with Crippen LogP contribution in [-0.4, -0.2) is 36.5 Å². The van der Waals surface area contributed by atoms with Crippen LogP contribution in [0.4, 0.5) is 5.69 Å². The van der Waals surface area contributed by atoms with Crippen LogP contribution in [0.2, 0.25) is 5.02 Å². The lowest BCUT2D eigenvalue weighted by molar-refractivity contribution is -0.121. The summed E-state index contributed by atoms with van der Waals surface area (Å²) in [6, 6.07) is 3.08. The quantitative estimate of drug-likeness (QED) is 0.842. The van der Waals surface area contributed by atoms with Crippen LogP contribution < -0.4 is 20.5 Å². The number of hydrogen-bond donors (Lipinski definition) is 2. The number of anilines is 1. The maximum Gasteiger partial charge on any atom is 0.262 e. The lowest BCUT2D eigenvalue weighted by atomic mass is 10.2. The number of nitrogens with two attached hydrogens (primary N) is 1.